The highest BCUT2D eigenvalue weighted by Gasteiger charge is 2.31. The zero-order valence-electron chi connectivity index (χ0n) is 32.6. The quantitative estimate of drug-likeness (QED) is 0.0412. The number of phenols is 1. The molecule has 22 heteroatoms. The minimum atomic E-state index is -1.70. The number of carbonyl (C=O) groups excluding carboxylic acids is 8. The molecule has 0 bridgehead atoms. The highest BCUT2D eigenvalue weighted by atomic mass is 16.4. The minimum Gasteiger partial charge on any atom is -0.508 e. The number of fused-ring (bicyclic) bond motifs is 1. The van der Waals surface area contributed by atoms with Crippen LogP contribution in [0.2, 0.25) is 0 Å². The Labute approximate surface area is 342 Å². The van der Waals surface area contributed by atoms with Crippen molar-refractivity contribution < 1.29 is 58.5 Å². The molecule has 16 N–H and O–H groups in total. The van der Waals surface area contributed by atoms with Crippen molar-refractivity contribution in [3.05, 3.63) is 65.9 Å². The molecule has 3 aromatic rings. The van der Waals surface area contributed by atoms with Crippen LogP contribution >= 0.6 is 0 Å². The third-order valence-electron chi connectivity index (χ3n) is 9.01. The maximum Gasteiger partial charge on any atom is 0.326 e. The standard InChI is InChI=1S/C38H50N10O12/c1-19(49)33(37(58)46-27(38(59)60)11-13-30(41)52)48-32(54)18-43-35(56)26(10-12-29(40)51)45-31(53)17-44-36(57)28(15-21-16-42-25-5-3-2-4-23(21)25)47-34(55)24(39)14-20-6-8-22(50)9-7-20/h2-9,16,19,24,26-28,33,42,49-50H,10-15,17-18,39H2,1H3,(H2,40,51)(H2,41,52)(H,43,56)(H,44,57)(H,45,53)(H,46,58)(H,47,55)(H,48,54)(H,59,60)/t19-,24+,26+,27+,28+,33+/m1/s1. The summed E-state index contributed by atoms with van der Waals surface area (Å²) in [5.74, 6) is -8.60. The molecule has 0 aliphatic heterocycles. The third kappa shape index (κ3) is 15.4. The molecule has 22 nitrogen and oxygen atoms in total. The van der Waals surface area contributed by atoms with Crippen molar-refractivity contribution in [2.75, 3.05) is 13.1 Å². The van der Waals surface area contributed by atoms with E-state index in [4.69, 9.17) is 17.2 Å². The smallest absolute Gasteiger partial charge is 0.326 e. The number of phenolic OH excluding ortho intramolecular Hbond substituents is 1. The molecular weight excluding hydrogens is 788 g/mol. The summed E-state index contributed by atoms with van der Waals surface area (Å²) < 4.78 is 0. The lowest BCUT2D eigenvalue weighted by atomic mass is 10.0. The predicted molar refractivity (Wildman–Crippen MR) is 212 cm³/mol. The number of aromatic hydroxyl groups is 1. The first-order chi connectivity index (χ1) is 28.3. The van der Waals surface area contributed by atoms with Gasteiger partial charge in [0.25, 0.3) is 0 Å². The number of nitrogens with two attached hydrogens (primary N) is 3. The Morgan fingerprint density at radius 3 is 1.82 bits per heavy atom. The first kappa shape index (κ1) is 47.3. The largest absolute Gasteiger partial charge is 0.508 e. The second-order valence-electron chi connectivity index (χ2n) is 13.9. The lowest BCUT2D eigenvalue weighted by Gasteiger charge is -2.24. The highest BCUT2D eigenvalue weighted by molar-refractivity contribution is 5.96. The fraction of sp³-hybridized carbons (Fsp3) is 0.395. The van der Waals surface area contributed by atoms with Gasteiger partial charge in [-0.3, -0.25) is 38.4 Å². The predicted octanol–water partition coefficient (Wildman–Crippen LogP) is -3.85. The van der Waals surface area contributed by atoms with Gasteiger partial charge in [0.05, 0.1) is 25.2 Å². The second-order valence-corrected chi connectivity index (χ2v) is 13.9. The van der Waals surface area contributed by atoms with E-state index in [0.717, 1.165) is 17.8 Å². The number of carboxylic acid groups (broad SMARTS) is 1. The van der Waals surface area contributed by atoms with Crippen LogP contribution < -0.4 is 49.1 Å². The van der Waals surface area contributed by atoms with Crippen LogP contribution in [0.5, 0.6) is 5.75 Å². The van der Waals surface area contributed by atoms with E-state index in [1.807, 2.05) is 18.2 Å². The van der Waals surface area contributed by atoms with Gasteiger partial charge in [0, 0.05) is 36.4 Å². The SMILES string of the molecule is C[C@@H](O)[C@H](NC(=O)CNC(=O)[C@H](CCC(N)=O)NC(=O)CNC(=O)[C@H](Cc1c[nH]c2ccccc12)NC(=O)[C@@H](N)Cc1ccc(O)cc1)C(=O)N[C@@H](CCC(N)=O)C(=O)O. The molecule has 3 rings (SSSR count). The van der Waals surface area contributed by atoms with Crippen molar-refractivity contribution in [3.63, 3.8) is 0 Å². The molecule has 324 valence electrons. The highest BCUT2D eigenvalue weighted by Crippen LogP contribution is 2.19. The molecule has 8 amide bonds. The molecule has 0 aliphatic rings. The van der Waals surface area contributed by atoms with Crippen molar-refractivity contribution >= 4 is 64.1 Å². The Morgan fingerprint density at radius 1 is 0.683 bits per heavy atom. The normalized spacial score (nSPS) is 13.9. The number of carboxylic acids is 1. The van der Waals surface area contributed by atoms with Crippen LogP contribution in [-0.4, -0.2) is 123 Å². The first-order valence-electron chi connectivity index (χ1n) is 18.6. The zero-order chi connectivity index (χ0) is 44.5. The summed E-state index contributed by atoms with van der Waals surface area (Å²) in [6, 6.07) is 6.24. The summed E-state index contributed by atoms with van der Waals surface area (Å²) in [4.78, 5) is 116. The maximum atomic E-state index is 13.5. The molecular formula is C38H50N10O12. The number of carbonyl (C=O) groups is 9. The van der Waals surface area contributed by atoms with E-state index in [1.54, 1.807) is 24.4 Å². The van der Waals surface area contributed by atoms with Crippen LogP contribution in [0.15, 0.2) is 54.7 Å². The van der Waals surface area contributed by atoms with Crippen molar-refractivity contribution in [2.45, 2.75) is 81.8 Å². The van der Waals surface area contributed by atoms with Gasteiger partial charge in [-0.1, -0.05) is 30.3 Å². The molecule has 0 fully saturated rings. The Hall–Kier alpha value is -7.07. The first-order valence-corrected chi connectivity index (χ1v) is 18.6. The van der Waals surface area contributed by atoms with Crippen LogP contribution in [0.4, 0.5) is 0 Å². The number of H-pyrrole nitrogens is 1. The van der Waals surface area contributed by atoms with E-state index >= 15 is 0 Å². The Bertz CT molecular complexity index is 2040. The summed E-state index contributed by atoms with van der Waals surface area (Å²) in [7, 11) is 0. The topological polar surface area (TPSA) is 380 Å². The van der Waals surface area contributed by atoms with Crippen molar-refractivity contribution in [2.24, 2.45) is 17.2 Å². The summed E-state index contributed by atoms with van der Waals surface area (Å²) in [6.45, 7) is -0.395. The molecule has 2 aromatic carbocycles. The van der Waals surface area contributed by atoms with Gasteiger partial charge < -0.3 is 69.4 Å². The zero-order valence-corrected chi connectivity index (χ0v) is 32.6. The van der Waals surface area contributed by atoms with Gasteiger partial charge in [-0.15, -0.1) is 0 Å². The molecule has 6 atom stereocenters. The average Bonchev–Trinajstić information content (AvgIpc) is 3.60. The Kier molecular flexibility index (Phi) is 17.9. The molecule has 0 saturated heterocycles. The lowest BCUT2D eigenvalue weighted by molar-refractivity contribution is -0.143. The van der Waals surface area contributed by atoms with E-state index in [9.17, 15) is 58.5 Å². The van der Waals surface area contributed by atoms with Crippen LogP contribution in [-0.2, 0) is 56.0 Å². The number of aliphatic hydroxyl groups is 1. The molecule has 0 saturated carbocycles. The van der Waals surface area contributed by atoms with Gasteiger partial charge >= 0.3 is 5.97 Å². The number of aliphatic hydroxyl groups excluding tert-OH is 1. The fourth-order valence-corrected chi connectivity index (χ4v) is 5.80. The lowest BCUT2D eigenvalue weighted by Crippen LogP contribution is -2.57. The minimum absolute atomic E-state index is 0.0200. The summed E-state index contributed by atoms with van der Waals surface area (Å²) in [5.41, 5.74) is 18.5. The summed E-state index contributed by atoms with van der Waals surface area (Å²) in [6.07, 6.45) is -1.28. The number of aliphatic carboxylic acids is 1. The Balaban J connectivity index is 1.65. The average molecular weight is 839 g/mol. The van der Waals surface area contributed by atoms with Gasteiger partial charge in [-0.05, 0) is 55.5 Å². The van der Waals surface area contributed by atoms with Gasteiger partial charge in [-0.25, -0.2) is 4.79 Å². The molecule has 0 unspecified atom stereocenters. The number of para-hydroxylation sites is 1. The van der Waals surface area contributed by atoms with E-state index in [2.05, 4.69) is 36.9 Å². The maximum absolute atomic E-state index is 13.5. The number of benzene rings is 2. The second kappa shape index (κ2) is 22.8. The Morgan fingerprint density at radius 2 is 1.23 bits per heavy atom. The summed E-state index contributed by atoms with van der Waals surface area (Å²) >= 11 is 0. The van der Waals surface area contributed by atoms with Crippen LogP contribution in [0, 0.1) is 0 Å². The number of hydrogen-bond acceptors (Lipinski definition) is 12. The van der Waals surface area contributed by atoms with E-state index < -0.39 is 103 Å². The number of amides is 8. The monoisotopic (exact) mass is 838 g/mol. The number of rotatable bonds is 24. The third-order valence-corrected chi connectivity index (χ3v) is 9.01. The van der Waals surface area contributed by atoms with Crippen LogP contribution in [0.25, 0.3) is 10.9 Å². The number of hydrogen-bond donors (Lipinski definition) is 13. The van der Waals surface area contributed by atoms with E-state index in [1.165, 1.54) is 12.1 Å². The van der Waals surface area contributed by atoms with Crippen LogP contribution in [0.3, 0.4) is 0 Å². The molecule has 60 heavy (non-hydrogen) atoms. The molecule has 0 spiro atoms. The van der Waals surface area contributed by atoms with Gasteiger partial charge in [0.2, 0.25) is 47.3 Å². The summed E-state index contributed by atoms with van der Waals surface area (Å²) in [5, 5.41) is 43.7. The van der Waals surface area contributed by atoms with Gasteiger partial charge in [0.1, 0.15) is 29.9 Å². The molecule has 0 radical (unpaired) electrons. The van der Waals surface area contributed by atoms with Crippen LogP contribution in [0.1, 0.15) is 43.7 Å². The van der Waals surface area contributed by atoms with Gasteiger partial charge in [-0.2, -0.15) is 0 Å². The molecule has 1 aromatic heterocycles. The van der Waals surface area contributed by atoms with E-state index in [0.29, 0.717) is 11.1 Å². The fourth-order valence-electron chi connectivity index (χ4n) is 5.80. The number of nitrogens with one attached hydrogen (secondary N) is 7. The van der Waals surface area contributed by atoms with E-state index in [-0.39, 0.29) is 44.3 Å². The van der Waals surface area contributed by atoms with Gasteiger partial charge in [0.15, 0.2) is 0 Å². The molecule has 0 aliphatic carbocycles. The van der Waals surface area contributed by atoms with Crippen molar-refractivity contribution in [1.82, 2.24) is 36.9 Å². The molecule has 1 heterocycles. The van der Waals surface area contributed by atoms with Crippen molar-refractivity contribution in [3.8, 4) is 5.75 Å². The number of primary amides is 2. The van der Waals surface area contributed by atoms with Crippen molar-refractivity contribution in [1.29, 1.82) is 0 Å². The number of aromatic amines is 1. The number of aromatic nitrogens is 1.